The smallest absolute Gasteiger partial charge is 0.326 e. The lowest BCUT2D eigenvalue weighted by atomic mass is 10.2. The first-order valence-electron chi connectivity index (χ1n) is 7.02. The second-order valence-electron chi connectivity index (χ2n) is 5.10. The number of likely N-dealkylation sites (N-methyl/N-ethyl adjacent to an activating group) is 2. The lowest BCUT2D eigenvalue weighted by molar-refractivity contribution is -0.141. The van der Waals surface area contributed by atoms with Crippen LogP contribution >= 0.6 is 0 Å². The maximum absolute atomic E-state index is 12.2. The van der Waals surface area contributed by atoms with Crippen LogP contribution in [-0.2, 0) is 9.59 Å². The van der Waals surface area contributed by atoms with E-state index in [1.165, 1.54) is 11.9 Å². The topological polar surface area (TPSA) is 101 Å². The molecule has 1 fully saturated rings. The first kappa shape index (κ1) is 17.2. The zero-order chi connectivity index (χ0) is 16.2. The second kappa shape index (κ2) is 7.26. The molecule has 2 atom stereocenters. The van der Waals surface area contributed by atoms with Gasteiger partial charge in [0.05, 0.1) is 6.10 Å². The van der Waals surface area contributed by atoms with Crippen LogP contribution in [0.15, 0.2) is 0 Å². The molecule has 0 unspecified atom stereocenters. The average molecular weight is 301 g/mol. The maximum atomic E-state index is 12.2. The Morgan fingerprint density at radius 2 is 1.81 bits per heavy atom. The number of carboxylic acid groups (broad SMARTS) is 1. The normalized spacial score (nSPS) is 21.2. The summed E-state index contributed by atoms with van der Waals surface area (Å²) in [5.41, 5.74) is 0. The standard InChI is InChI=1S/C13H23N3O5/c1-4-15(5-2)11(18)8-14(3)13(21)16-7-9(17)6-10(16)12(19)20/h9-10,17H,4-8H2,1-3H3,(H,19,20)/t9-,10+/m1/s1. The van der Waals surface area contributed by atoms with Crippen molar-refractivity contribution >= 4 is 17.9 Å². The Balaban J connectivity index is 2.69. The molecule has 0 bridgehead atoms. The Labute approximate surface area is 123 Å². The summed E-state index contributed by atoms with van der Waals surface area (Å²) in [6, 6.07) is -1.60. The number of rotatable bonds is 5. The monoisotopic (exact) mass is 301 g/mol. The van der Waals surface area contributed by atoms with E-state index in [0.717, 1.165) is 4.90 Å². The van der Waals surface area contributed by atoms with Crippen molar-refractivity contribution in [2.24, 2.45) is 0 Å². The summed E-state index contributed by atoms with van der Waals surface area (Å²) in [7, 11) is 1.45. The van der Waals surface area contributed by atoms with Crippen molar-refractivity contribution < 1.29 is 24.6 Å². The number of carbonyl (C=O) groups excluding carboxylic acids is 2. The van der Waals surface area contributed by atoms with Gasteiger partial charge in [0.1, 0.15) is 12.6 Å². The number of aliphatic hydroxyl groups excluding tert-OH is 1. The van der Waals surface area contributed by atoms with E-state index in [4.69, 9.17) is 5.11 Å². The minimum Gasteiger partial charge on any atom is -0.480 e. The number of amides is 3. The Morgan fingerprint density at radius 3 is 2.29 bits per heavy atom. The van der Waals surface area contributed by atoms with E-state index in [1.54, 1.807) is 4.90 Å². The highest BCUT2D eigenvalue weighted by Gasteiger charge is 2.40. The van der Waals surface area contributed by atoms with Gasteiger partial charge in [-0.2, -0.15) is 0 Å². The minimum atomic E-state index is -1.15. The van der Waals surface area contributed by atoms with E-state index < -0.39 is 24.1 Å². The molecule has 2 N–H and O–H groups in total. The zero-order valence-corrected chi connectivity index (χ0v) is 12.7. The largest absolute Gasteiger partial charge is 0.480 e. The average Bonchev–Trinajstić information content (AvgIpc) is 2.81. The molecule has 0 saturated carbocycles. The molecule has 8 heteroatoms. The van der Waals surface area contributed by atoms with Gasteiger partial charge in [-0.1, -0.05) is 0 Å². The van der Waals surface area contributed by atoms with Crippen LogP contribution in [0.3, 0.4) is 0 Å². The van der Waals surface area contributed by atoms with Gasteiger partial charge in [-0.3, -0.25) is 4.79 Å². The quantitative estimate of drug-likeness (QED) is 0.708. The first-order valence-corrected chi connectivity index (χ1v) is 7.02. The third kappa shape index (κ3) is 4.07. The van der Waals surface area contributed by atoms with Crippen LogP contribution in [0.2, 0.25) is 0 Å². The highest BCUT2D eigenvalue weighted by molar-refractivity contribution is 5.87. The predicted octanol–water partition coefficient (Wildman–Crippen LogP) is -0.574. The predicted molar refractivity (Wildman–Crippen MR) is 74.7 cm³/mol. The number of likely N-dealkylation sites (tertiary alicyclic amines) is 1. The molecule has 0 spiro atoms. The lowest BCUT2D eigenvalue weighted by Gasteiger charge is -2.28. The van der Waals surface area contributed by atoms with Crippen LogP contribution in [0.4, 0.5) is 4.79 Å². The van der Waals surface area contributed by atoms with Crippen molar-refractivity contribution in [3.8, 4) is 0 Å². The van der Waals surface area contributed by atoms with Gasteiger partial charge in [0.15, 0.2) is 0 Å². The number of β-amino-alcohol motifs (C(OH)–C–C–N with tert-alkyl or cyclic N) is 1. The first-order chi connectivity index (χ1) is 9.81. The molecule has 1 saturated heterocycles. The SMILES string of the molecule is CCN(CC)C(=O)CN(C)C(=O)N1C[C@H](O)C[C@H]1C(=O)O. The highest BCUT2D eigenvalue weighted by atomic mass is 16.4. The molecular formula is C13H23N3O5. The van der Waals surface area contributed by atoms with E-state index in [-0.39, 0.29) is 25.4 Å². The van der Waals surface area contributed by atoms with E-state index >= 15 is 0 Å². The number of aliphatic hydroxyl groups is 1. The Kier molecular flexibility index (Phi) is 5.95. The summed E-state index contributed by atoms with van der Waals surface area (Å²) in [5.74, 6) is -1.34. The number of hydrogen-bond donors (Lipinski definition) is 2. The van der Waals surface area contributed by atoms with Crippen molar-refractivity contribution in [1.29, 1.82) is 0 Å². The van der Waals surface area contributed by atoms with Crippen LogP contribution in [0.25, 0.3) is 0 Å². The molecule has 120 valence electrons. The van der Waals surface area contributed by atoms with E-state index in [1.807, 2.05) is 13.8 Å². The molecule has 0 aromatic carbocycles. The molecule has 1 rings (SSSR count). The van der Waals surface area contributed by atoms with Crippen molar-refractivity contribution in [2.45, 2.75) is 32.4 Å². The molecule has 1 aliphatic heterocycles. The molecule has 8 nitrogen and oxygen atoms in total. The molecule has 0 aromatic rings. The summed E-state index contributed by atoms with van der Waals surface area (Å²) in [5, 5.41) is 18.6. The number of aliphatic carboxylic acids is 1. The van der Waals surface area contributed by atoms with Gasteiger partial charge in [0, 0.05) is 33.1 Å². The van der Waals surface area contributed by atoms with Crippen molar-refractivity contribution in [2.75, 3.05) is 33.2 Å². The summed E-state index contributed by atoms with van der Waals surface area (Å²) < 4.78 is 0. The van der Waals surface area contributed by atoms with Crippen LogP contribution in [0.5, 0.6) is 0 Å². The van der Waals surface area contributed by atoms with E-state index in [2.05, 4.69) is 0 Å². The van der Waals surface area contributed by atoms with Crippen molar-refractivity contribution in [1.82, 2.24) is 14.7 Å². The zero-order valence-electron chi connectivity index (χ0n) is 12.7. The summed E-state index contributed by atoms with van der Waals surface area (Å²) in [6.07, 6.45) is -0.833. The van der Waals surface area contributed by atoms with Crippen LogP contribution in [-0.4, -0.2) is 88.2 Å². The van der Waals surface area contributed by atoms with E-state index in [9.17, 15) is 19.5 Å². The van der Waals surface area contributed by atoms with Gasteiger partial charge < -0.3 is 24.9 Å². The van der Waals surface area contributed by atoms with Crippen LogP contribution in [0, 0.1) is 0 Å². The van der Waals surface area contributed by atoms with Gasteiger partial charge >= 0.3 is 12.0 Å². The number of urea groups is 1. The summed E-state index contributed by atoms with van der Waals surface area (Å²) in [6.45, 7) is 4.66. The molecule has 3 amide bonds. The minimum absolute atomic E-state index is 0.0128. The number of nitrogens with zero attached hydrogens (tertiary/aromatic N) is 3. The third-order valence-corrected chi connectivity index (χ3v) is 3.62. The fourth-order valence-electron chi connectivity index (χ4n) is 2.43. The maximum Gasteiger partial charge on any atom is 0.326 e. The van der Waals surface area contributed by atoms with E-state index in [0.29, 0.717) is 13.1 Å². The Morgan fingerprint density at radius 1 is 1.24 bits per heavy atom. The molecule has 0 aromatic heterocycles. The van der Waals surface area contributed by atoms with Gasteiger partial charge in [0.2, 0.25) is 5.91 Å². The highest BCUT2D eigenvalue weighted by Crippen LogP contribution is 2.19. The number of carboxylic acids is 1. The second-order valence-corrected chi connectivity index (χ2v) is 5.10. The number of hydrogen-bond acceptors (Lipinski definition) is 4. The van der Waals surface area contributed by atoms with Crippen LogP contribution < -0.4 is 0 Å². The van der Waals surface area contributed by atoms with Gasteiger partial charge in [-0.05, 0) is 13.8 Å². The summed E-state index contributed by atoms with van der Waals surface area (Å²) in [4.78, 5) is 39.2. The Hall–Kier alpha value is -1.83. The fourth-order valence-corrected chi connectivity index (χ4v) is 2.43. The fraction of sp³-hybridized carbons (Fsp3) is 0.769. The third-order valence-electron chi connectivity index (χ3n) is 3.62. The van der Waals surface area contributed by atoms with Gasteiger partial charge in [0.25, 0.3) is 0 Å². The molecule has 1 heterocycles. The van der Waals surface area contributed by atoms with Crippen molar-refractivity contribution in [3.63, 3.8) is 0 Å². The molecule has 1 aliphatic rings. The van der Waals surface area contributed by atoms with Gasteiger partial charge in [-0.25, -0.2) is 9.59 Å². The Bertz CT molecular complexity index is 411. The lowest BCUT2D eigenvalue weighted by Crippen LogP contribution is -2.49. The molecule has 0 aliphatic carbocycles. The molecule has 21 heavy (non-hydrogen) atoms. The molecular weight excluding hydrogens is 278 g/mol. The summed E-state index contributed by atoms with van der Waals surface area (Å²) >= 11 is 0. The number of carbonyl (C=O) groups is 3. The molecule has 0 radical (unpaired) electrons. The van der Waals surface area contributed by atoms with Crippen LogP contribution in [0.1, 0.15) is 20.3 Å². The van der Waals surface area contributed by atoms with Crippen molar-refractivity contribution in [3.05, 3.63) is 0 Å². The van der Waals surface area contributed by atoms with Gasteiger partial charge in [-0.15, -0.1) is 0 Å².